The predicted molar refractivity (Wildman–Crippen MR) is 127 cm³/mol. The van der Waals surface area contributed by atoms with E-state index in [1.807, 2.05) is 39.0 Å². The Bertz CT molecular complexity index is 1370. The average molecular weight is 446 g/mol. The summed E-state index contributed by atoms with van der Waals surface area (Å²) < 4.78 is 9.09. The van der Waals surface area contributed by atoms with Crippen molar-refractivity contribution in [1.29, 1.82) is 0 Å². The Morgan fingerprint density at radius 1 is 1.18 bits per heavy atom. The van der Waals surface area contributed by atoms with Crippen LogP contribution in [0.5, 0.6) is 5.88 Å². The maximum atomic E-state index is 13.0. The summed E-state index contributed by atoms with van der Waals surface area (Å²) in [6.07, 6.45) is 2.60. The molecule has 3 aromatic heterocycles. The van der Waals surface area contributed by atoms with E-state index < -0.39 is 0 Å². The van der Waals surface area contributed by atoms with Crippen LogP contribution in [0.4, 0.5) is 11.6 Å². The van der Waals surface area contributed by atoms with Gasteiger partial charge in [0.2, 0.25) is 11.8 Å². The van der Waals surface area contributed by atoms with Gasteiger partial charge in [-0.05, 0) is 63.1 Å². The number of hydrogen-bond donors (Lipinski definition) is 2. The molecule has 0 spiro atoms. The van der Waals surface area contributed by atoms with Crippen LogP contribution in [0.2, 0.25) is 0 Å². The third-order valence-electron chi connectivity index (χ3n) is 5.61. The molecule has 1 aliphatic rings. The van der Waals surface area contributed by atoms with Crippen molar-refractivity contribution in [3.8, 4) is 11.7 Å². The van der Waals surface area contributed by atoms with Gasteiger partial charge in [-0.3, -0.25) is 4.79 Å². The van der Waals surface area contributed by atoms with Crippen LogP contribution in [-0.2, 0) is 19.5 Å². The lowest BCUT2D eigenvalue weighted by Gasteiger charge is -2.18. The molecule has 4 heterocycles. The second-order valence-corrected chi connectivity index (χ2v) is 8.30. The first-order valence-electron chi connectivity index (χ1n) is 11.3. The first kappa shape index (κ1) is 21.1. The van der Waals surface area contributed by atoms with Crippen LogP contribution >= 0.6 is 0 Å². The maximum absolute atomic E-state index is 13.0. The van der Waals surface area contributed by atoms with Crippen LogP contribution in [0.15, 0.2) is 47.4 Å². The van der Waals surface area contributed by atoms with Gasteiger partial charge in [0, 0.05) is 31.0 Å². The van der Waals surface area contributed by atoms with E-state index in [1.165, 1.54) is 11.1 Å². The fraction of sp³-hybridized carbons (Fsp3) is 0.333. The number of nitrogens with one attached hydrogen (secondary N) is 2. The van der Waals surface area contributed by atoms with Crippen LogP contribution in [0, 0.1) is 0 Å². The Labute approximate surface area is 191 Å². The Balaban J connectivity index is 1.57. The number of hydrogen-bond acceptors (Lipinski definition) is 7. The Hall–Kier alpha value is -3.72. The topological polar surface area (TPSA) is 98.9 Å². The minimum atomic E-state index is -0.157. The Morgan fingerprint density at radius 2 is 2.06 bits per heavy atom. The highest BCUT2D eigenvalue weighted by molar-refractivity contribution is 5.77. The Morgan fingerprint density at radius 3 is 2.88 bits per heavy atom. The van der Waals surface area contributed by atoms with E-state index in [0.717, 1.165) is 25.2 Å². The molecule has 1 aromatic carbocycles. The van der Waals surface area contributed by atoms with Gasteiger partial charge in [-0.2, -0.15) is 9.97 Å². The van der Waals surface area contributed by atoms with Gasteiger partial charge < -0.3 is 15.4 Å². The lowest BCUT2D eigenvalue weighted by Crippen LogP contribution is -2.23. The number of rotatable bonds is 6. The molecule has 4 aromatic rings. The third kappa shape index (κ3) is 4.07. The summed E-state index contributed by atoms with van der Waals surface area (Å²) in [4.78, 5) is 26.7. The van der Waals surface area contributed by atoms with Crippen molar-refractivity contribution in [3.63, 3.8) is 0 Å². The predicted octanol–water partition coefficient (Wildman–Crippen LogP) is 3.17. The van der Waals surface area contributed by atoms with E-state index >= 15 is 0 Å². The first-order chi connectivity index (χ1) is 16.0. The van der Waals surface area contributed by atoms with Gasteiger partial charge in [-0.15, -0.1) is 0 Å². The summed E-state index contributed by atoms with van der Waals surface area (Å²) in [6, 6.07) is 11.8. The molecule has 9 heteroatoms. The molecule has 0 unspecified atom stereocenters. The SMILES string of the molecule is CCn1c(=O)c2cnc(Nc3ccc4c(c3)CNCC4)nc2n1-c1cccc(OC(C)C)n1. The van der Waals surface area contributed by atoms with E-state index in [9.17, 15) is 4.79 Å². The number of benzene rings is 1. The molecule has 0 atom stereocenters. The standard InChI is InChI=1S/C24H27N7O2/c1-4-30-23(32)19-14-26-24(27-18-9-8-16-10-11-25-13-17(16)12-18)29-22(19)31(30)20-6-5-7-21(28-20)33-15(2)3/h5-9,12,14-15,25H,4,10-11,13H2,1-3H3,(H,26,27,29). The molecule has 5 rings (SSSR count). The molecular weight excluding hydrogens is 418 g/mol. The van der Waals surface area contributed by atoms with E-state index in [2.05, 4.69) is 32.7 Å². The molecule has 170 valence electrons. The molecular formula is C24H27N7O2. The fourth-order valence-electron chi connectivity index (χ4n) is 4.12. The van der Waals surface area contributed by atoms with Crippen molar-refractivity contribution < 1.29 is 4.74 Å². The number of fused-ring (bicyclic) bond motifs is 2. The summed E-state index contributed by atoms with van der Waals surface area (Å²) in [7, 11) is 0. The number of anilines is 2. The van der Waals surface area contributed by atoms with Gasteiger partial charge in [0.25, 0.3) is 5.56 Å². The van der Waals surface area contributed by atoms with Gasteiger partial charge in [0.05, 0.1) is 6.10 Å². The van der Waals surface area contributed by atoms with E-state index in [-0.39, 0.29) is 11.7 Å². The highest BCUT2D eigenvalue weighted by Gasteiger charge is 2.18. The fourth-order valence-corrected chi connectivity index (χ4v) is 4.12. The van der Waals surface area contributed by atoms with Crippen molar-refractivity contribution in [1.82, 2.24) is 29.6 Å². The first-order valence-corrected chi connectivity index (χ1v) is 11.3. The van der Waals surface area contributed by atoms with Crippen LogP contribution < -0.4 is 20.9 Å². The summed E-state index contributed by atoms with van der Waals surface area (Å²) in [5.41, 5.74) is 3.88. The number of pyridine rings is 1. The molecule has 0 aliphatic carbocycles. The second kappa shape index (κ2) is 8.67. The number of aromatic nitrogens is 5. The van der Waals surface area contributed by atoms with Gasteiger partial charge in [0.15, 0.2) is 11.5 Å². The molecule has 0 saturated heterocycles. The van der Waals surface area contributed by atoms with Crippen molar-refractivity contribution in [2.45, 2.75) is 46.4 Å². The van der Waals surface area contributed by atoms with Crippen molar-refractivity contribution in [3.05, 3.63) is 64.1 Å². The van der Waals surface area contributed by atoms with E-state index in [1.54, 1.807) is 21.6 Å². The molecule has 0 bridgehead atoms. The van der Waals surface area contributed by atoms with Gasteiger partial charge >= 0.3 is 0 Å². The monoisotopic (exact) mass is 445 g/mol. The second-order valence-electron chi connectivity index (χ2n) is 8.30. The minimum Gasteiger partial charge on any atom is -0.475 e. The number of nitrogens with zero attached hydrogens (tertiary/aromatic N) is 5. The largest absolute Gasteiger partial charge is 0.475 e. The van der Waals surface area contributed by atoms with Crippen molar-refractivity contribution >= 4 is 22.7 Å². The highest BCUT2D eigenvalue weighted by Crippen LogP contribution is 2.23. The molecule has 0 fully saturated rings. The van der Waals surface area contributed by atoms with Crippen LogP contribution in [-0.4, -0.2) is 37.0 Å². The summed E-state index contributed by atoms with van der Waals surface area (Å²) in [6.45, 7) is 8.13. The molecule has 0 saturated carbocycles. The lowest BCUT2D eigenvalue weighted by molar-refractivity contribution is 0.232. The zero-order valence-electron chi connectivity index (χ0n) is 19.0. The molecule has 9 nitrogen and oxygen atoms in total. The highest BCUT2D eigenvalue weighted by atomic mass is 16.5. The van der Waals surface area contributed by atoms with Crippen LogP contribution in [0.25, 0.3) is 16.9 Å². The third-order valence-corrected chi connectivity index (χ3v) is 5.61. The lowest BCUT2D eigenvalue weighted by atomic mass is 10.0. The quantitative estimate of drug-likeness (QED) is 0.470. The minimum absolute atomic E-state index is 0.00697. The van der Waals surface area contributed by atoms with E-state index in [0.29, 0.717) is 35.2 Å². The molecule has 33 heavy (non-hydrogen) atoms. The maximum Gasteiger partial charge on any atom is 0.278 e. The molecule has 2 N–H and O–H groups in total. The average Bonchev–Trinajstić information content (AvgIpc) is 3.09. The zero-order valence-corrected chi connectivity index (χ0v) is 19.0. The Kier molecular flexibility index (Phi) is 5.55. The van der Waals surface area contributed by atoms with Gasteiger partial charge in [-0.1, -0.05) is 12.1 Å². The van der Waals surface area contributed by atoms with Gasteiger partial charge in [0.1, 0.15) is 5.39 Å². The zero-order chi connectivity index (χ0) is 22.9. The number of ether oxygens (including phenoxy) is 1. The molecule has 0 amide bonds. The van der Waals surface area contributed by atoms with Crippen molar-refractivity contribution in [2.75, 3.05) is 11.9 Å². The summed E-state index contributed by atoms with van der Waals surface area (Å²) in [5, 5.41) is 7.12. The normalized spacial score (nSPS) is 13.3. The smallest absolute Gasteiger partial charge is 0.278 e. The van der Waals surface area contributed by atoms with Crippen LogP contribution in [0.1, 0.15) is 31.9 Å². The van der Waals surface area contributed by atoms with Crippen LogP contribution in [0.3, 0.4) is 0 Å². The molecule has 0 radical (unpaired) electrons. The van der Waals surface area contributed by atoms with Gasteiger partial charge in [-0.25, -0.2) is 14.3 Å². The van der Waals surface area contributed by atoms with E-state index in [4.69, 9.17) is 9.72 Å². The summed E-state index contributed by atoms with van der Waals surface area (Å²) >= 11 is 0. The summed E-state index contributed by atoms with van der Waals surface area (Å²) in [5.74, 6) is 1.48. The molecule has 1 aliphatic heterocycles. The van der Waals surface area contributed by atoms with Crippen molar-refractivity contribution in [2.24, 2.45) is 0 Å².